The van der Waals surface area contributed by atoms with E-state index in [0.717, 1.165) is 43.1 Å². The number of para-hydroxylation sites is 1. The summed E-state index contributed by atoms with van der Waals surface area (Å²) in [7, 11) is 0. The first-order valence-electron chi connectivity index (χ1n) is 9.22. The number of nitrogens with zero attached hydrogens (tertiary/aromatic N) is 2. The van der Waals surface area contributed by atoms with Crippen LogP contribution in [0.3, 0.4) is 0 Å². The molecule has 1 aliphatic heterocycles. The highest BCUT2D eigenvalue weighted by Crippen LogP contribution is 2.22. The molecule has 3 N–H and O–H groups in total. The largest absolute Gasteiger partial charge is 0.396 e. The highest BCUT2D eigenvalue weighted by Gasteiger charge is 2.24. The number of aromatic nitrogens is 2. The Labute approximate surface area is 148 Å². The van der Waals surface area contributed by atoms with Gasteiger partial charge in [-0.2, -0.15) is 5.10 Å². The van der Waals surface area contributed by atoms with Crippen molar-refractivity contribution in [2.75, 3.05) is 13.2 Å². The molecule has 1 aliphatic rings. The van der Waals surface area contributed by atoms with E-state index in [9.17, 15) is 4.79 Å². The summed E-state index contributed by atoms with van der Waals surface area (Å²) in [6.07, 6.45) is 3.79. The zero-order chi connectivity index (χ0) is 17.8. The van der Waals surface area contributed by atoms with E-state index in [0.29, 0.717) is 11.7 Å². The Balaban J connectivity index is 1.67. The minimum atomic E-state index is -0.101. The van der Waals surface area contributed by atoms with Gasteiger partial charge in [0.15, 0.2) is 5.69 Å². The van der Waals surface area contributed by atoms with E-state index < -0.39 is 0 Å². The second kappa shape index (κ2) is 7.97. The third-order valence-electron chi connectivity index (χ3n) is 4.88. The van der Waals surface area contributed by atoms with Gasteiger partial charge in [0.25, 0.3) is 5.91 Å². The molecule has 6 heteroatoms. The van der Waals surface area contributed by atoms with E-state index in [4.69, 9.17) is 5.11 Å². The first-order valence-corrected chi connectivity index (χ1v) is 9.22. The summed E-state index contributed by atoms with van der Waals surface area (Å²) in [6.45, 7) is 5.14. The standard InChI is InChI=1S/C19H28N4O2/c1-13(2)23-17-8-4-3-7-16(17)18(22-23)19(25)21-15-10-9-14(20-12-15)6-5-11-24/h3-4,7-8,13-15,20,24H,5-6,9-12H2,1-2H3,(H,21,25)/t14-,15+/m1/s1. The summed E-state index contributed by atoms with van der Waals surface area (Å²) in [5.74, 6) is -0.101. The van der Waals surface area contributed by atoms with Crippen LogP contribution in [0.4, 0.5) is 0 Å². The number of nitrogens with one attached hydrogen (secondary N) is 2. The lowest BCUT2D eigenvalue weighted by molar-refractivity contribution is 0.0922. The number of carbonyl (C=O) groups excluding carboxylic acids is 1. The Kier molecular flexibility index (Phi) is 5.71. The van der Waals surface area contributed by atoms with Gasteiger partial charge in [0, 0.05) is 36.7 Å². The SMILES string of the molecule is CC(C)n1nc(C(=O)N[C@H]2CC[C@@H](CCCO)NC2)c2ccccc21. The van der Waals surface area contributed by atoms with Crippen molar-refractivity contribution in [3.63, 3.8) is 0 Å². The van der Waals surface area contributed by atoms with Crippen LogP contribution in [0.5, 0.6) is 0 Å². The van der Waals surface area contributed by atoms with Crippen molar-refractivity contribution in [1.29, 1.82) is 0 Å². The van der Waals surface area contributed by atoms with Gasteiger partial charge >= 0.3 is 0 Å². The van der Waals surface area contributed by atoms with Crippen LogP contribution in [0.25, 0.3) is 10.9 Å². The van der Waals surface area contributed by atoms with Crippen LogP contribution < -0.4 is 10.6 Å². The van der Waals surface area contributed by atoms with Crippen molar-refractivity contribution >= 4 is 16.8 Å². The Morgan fingerprint density at radius 2 is 2.20 bits per heavy atom. The number of carbonyl (C=O) groups is 1. The van der Waals surface area contributed by atoms with Gasteiger partial charge in [-0.05, 0) is 45.6 Å². The molecular weight excluding hydrogens is 316 g/mol. The number of amides is 1. The Hall–Kier alpha value is -1.92. The van der Waals surface area contributed by atoms with Crippen LogP contribution in [-0.4, -0.2) is 46.0 Å². The van der Waals surface area contributed by atoms with E-state index in [1.54, 1.807) is 0 Å². The van der Waals surface area contributed by atoms with Crippen LogP contribution in [0.2, 0.25) is 0 Å². The average molecular weight is 344 g/mol. The minimum absolute atomic E-state index is 0.101. The molecule has 3 rings (SSSR count). The quantitative estimate of drug-likeness (QED) is 0.751. The molecule has 0 saturated carbocycles. The topological polar surface area (TPSA) is 79.2 Å². The normalized spacial score (nSPS) is 21.0. The van der Waals surface area contributed by atoms with Crippen molar-refractivity contribution in [2.24, 2.45) is 0 Å². The van der Waals surface area contributed by atoms with Gasteiger partial charge in [-0.25, -0.2) is 0 Å². The summed E-state index contributed by atoms with van der Waals surface area (Å²) < 4.78 is 1.91. The number of fused-ring (bicyclic) bond motifs is 1. The number of piperidine rings is 1. The van der Waals surface area contributed by atoms with Crippen molar-refractivity contribution in [3.05, 3.63) is 30.0 Å². The maximum atomic E-state index is 12.8. The molecule has 6 nitrogen and oxygen atoms in total. The molecule has 0 spiro atoms. The lowest BCUT2D eigenvalue weighted by Gasteiger charge is -2.30. The van der Waals surface area contributed by atoms with Crippen LogP contribution in [0.15, 0.2) is 24.3 Å². The number of hydrogen-bond donors (Lipinski definition) is 3. The summed E-state index contributed by atoms with van der Waals surface area (Å²) >= 11 is 0. The number of rotatable bonds is 6. The number of hydrogen-bond acceptors (Lipinski definition) is 4. The van der Waals surface area contributed by atoms with Crippen molar-refractivity contribution in [1.82, 2.24) is 20.4 Å². The molecular formula is C19H28N4O2. The average Bonchev–Trinajstić information content (AvgIpc) is 3.01. The molecule has 0 unspecified atom stereocenters. The maximum Gasteiger partial charge on any atom is 0.272 e. The molecule has 1 aromatic carbocycles. The van der Waals surface area contributed by atoms with Crippen LogP contribution >= 0.6 is 0 Å². The molecule has 2 aromatic rings. The smallest absolute Gasteiger partial charge is 0.272 e. The molecule has 136 valence electrons. The monoisotopic (exact) mass is 344 g/mol. The van der Waals surface area contributed by atoms with E-state index in [1.165, 1.54) is 0 Å². The van der Waals surface area contributed by atoms with Crippen LogP contribution in [0, 0.1) is 0 Å². The Morgan fingerprint density at radius 3 is 2.88 bits per heavy atom. The summed E-state index contributed by atoms with van der Waals surface area (Å²) in [5.41, 5.74) is 1.50. The number of benzene rings is 1. The van der Waals surface area contributed by atoms with E-state index in [-0.39, 0.29) is 24.6 Å². The summed E-state index contributed by atoms with van der Waals surface area (Å²) in [5, 5.41) is 21.0. The highest BCUT2D eigenvalue weighted by atomic mass is 16.3. The molecule has 0 radical (unpaired) electrons. The first-order chi connectivity index (χ1) is 12.1. The maximum absolute atomic E-state index is 12.8. The minimum Gasteiger partial charge on any atom is -0.396 e. The molecule has 2 heterocycles. The highest BCUT2D eigenvalue weighted by molar-refractivity contribution is 6.05. The molecule has 1 fully saturated rings. The fraction of sp³-hybridized carbons (Fsp3) is 0.579. The van der Waals surface area contributed by atoms with Crippen molar-refractivity contribution < 1.29 is 9.90 Å². The predicted octanol–water partition coefficient (Wildman–Crippen LogP) is 2.24. The Bertz CT molecular complexity index is 717. The van der Waals surface area contributed by atoms with Crippen molar-refractivity contribution in [2.45, 2.75) is 57.7 Å². The summed E-state index contributed by atoms with van der Waals surface area (Å²) in [6, 6.07) is 8.66. The first kappa shape index (κ1) is 17.9. The fourth-order valence-corrected chi connectivity index (χ4v) is 3.53. The lowest BCUT2D eigenvalue weighted by Crippen LogP contribution is -2.49. The van der Waals surface area contributed by atoms with E-state index in [2.05, 4.69) is 29.6 Å². The molecule has 1 saturated heterocycles. The van der Waals surface area contributed by atoms with Gasteiger partial charge in [0.2, 0.25) is 0 Å². The third kappa shape index (κ3) is 4.02. The van der Waals surface area contributed by atoms with Gasteiger partial charge in [-0.15, -0.1) is 0 Å². The van der Waals surface area contributed by atoms with Crippen LogP contribution in [-0.2, 0) is 0 Å². The van der Waals surface area contributed by atoms with Crippen molar-refractivity contribution in [3.8, 4) is 0 Å². The lowest BCUT2D eigenvalue weighted by atomic mass is 9.97. The molecule has 1 aromatic heterocycles. The Morgan fingerprint density at radius 1 is 1.40 bits per heavy atom. The molecule has 25 heavy (non-hydrogen) atoms. The predicted molar refractivity (Wildman–Crippen MR) is 98.7 cm³/mol. The number of aliphatic hydroxyl groups excluding tert-OH is 1. The zero-order valence-corrected chi connectivity index (χ0v) is 15.0. The van der Waals surface area contributed by atoms with E-state index in [1.807, 2.05) is 28.9 Å². The van der Waals surface area contributed by atoms with Gasteiger partial charge in [0.05, 0.1) is 5.52 Å². The second-order valence-corrected chi connectivity index (χ2v) is 7.12. The van der Waals surface area contributed by atoms with Gasteiger partial charge in [-0.3, -0.25) is 9.48 Å². The fourth-order valence-electron chi connectivity index (χ4n) is 3.53. The van der Waals surface area contributed by atoms with Gasteiger partial charge < -0.3 is 15.7 Å². The third-order valence-corrected chi connectivity index (χ3v) is 4.88. The molecule has 0 aliphatic carbocycles. The van der Waals surface area contributed by atoms with E-state index >= 15 is 0 Å². The van der Waals surface area contributed by atoms with Crippen LogP contribution in [0.1, 0.15) is 56.1 Å². The second-order valence-electron chi connectivity index (χ2n) is 7.12. The molecule has 2 atom stereocenters. The zero-order valence-electron chi connectivity index (χ0n) is 15.0. The molecule has 1 amide bonds. The number of aliphatic hydroxyl groups is 1. The van der Waals surface area contributed by atoms with Gasteiger partial charge in [-0.1, -0.05) is 18.2 Å². The van der Waals surface area contributed by atoms with Gasteiger partial charge in [0.1, 0.15) is 0 Å². The molecule has 0 bridgehead atoms. The summed E-state index contributed by atoms with van der Waals surface area (Å²) in [4.78, 5) is 12.8.